The number of rotatable bonds is 17. The molecule has 0 radical (unpaired) electrons. The van der Waals surface area contributed by atoms with Gasteiger partial charge in [-0.2, -0.15) is 0 Å². The molecule has 0 aliphatic heterocycles. The highest BCUT2D eigenvalue weighted by Gasteiger charge is 2.22. The molecule has 0 aliphatic carbocycles. The van der Waals surface area contributed by atoms with Crippen molar-refractivity contribution in [3.63, 3.8) is 0 Å². The molecule has 0 aromatic rings. The molecular weight excluding hydrogens is 290 g/mol. The number of quaternary nitrogens is 1. The third-order valence-corrected chi connectivity index (χ3v) is 4.20. The third kappa shape index (κ3) is 15.1. The summed E-state index contributed by atoms with van der Waals surface area (Å²) in [4.78, 5) is 0. The van der Waals surface area contributed by atoms with Crippen molar-refractivity contribution in [1.82, 2.24) is 0 Å². The first-order valence-corrected chi connectivity index (χ1v) is 9.68. The summed E-state index contributed by atoms with van der Waals surface area (Å²) in [6.07, 6.45) is 10.0. The average molecular weight is 333 g/mol. The predicted octanol–water partition coefficient (Wildman–Crippen LogP) is 3.62. The Morgan fingerprint density at radius 2 is 1.48 bits per heavy atom. The number of aliphatic hydroxyl groups is 1. The van der Waals surface area contributed by atoms with Gasteiger partial charge in [-0.1, -0.05) is 52.4 Å². The van der Waals surface area contributed by atoms with Crippen molar-refractivity contribution in [3.05, 3.63) is 0 Å². The normalized spacial score (nSPS) is 13.4. The Kier molecular flexibility index (Phi) is 15.3. The monoisotopic (exact) mass is 332 g/mol. The maximum absolute atomic E-state index is 9.20. The van der Waals surface area contributed by atoms with Crippen LogP contribution >= 0.6 is 0 Å². The minimum absolute atomic E-state index is 0.129. The maximum Gasteiger partial charge on any atom is 0.130 e. The number of likely N-dealkylation sites (N-methyl/N-ethyl adjacent to an activating group) is 1. The number of unbranched alkanes of at least 4 members (excludes halogenated alkanes) is 6. The summed E-state index contributed by atoms with van der Waals surface area (Å²) in [7, 11) is 4.29. The molecule has 140 valence electrons. The molecule has 0 aromatic carbocycles. The van der Waals surface area contributed by atoms with Crippen LogP contribution in [0.5, 0.6) is 0 Å². The minimum atomic E-state index is 0.129. The standard InChI is InChI=1S/C19H42NO3/c1-5-7-9-11-15-22-18-19(17-20(3,4)13-14-21)23-16-12-10-8-6-2/h19,21H,5-18H2,1-4H3/q+1. The molecule has 0 heterocycles. The number of ether oxygens (including phenoxy) is 2. The molecule has 0 spiro atoms. The Morgan fingerprint density at radius 1 is 0.870 bits per heavy atom. The second-order valence-corrected chi connectivity index (χ2v) is 7.25. The molecule has 0 fully saturated rings. The van der Waals surface area contributed by atoms with Crippen molar-refractivity contribution >= 4 is 0 Å². The Bertz CT molecular complexity index is 247. The van der Waals surface area contributed by atoms with E-state index in [1.807, 2.05) is 0 Å². The maximum atomic E-state index is 9.20. The van der Waals surface area contributed by atoms with E-state index >= 15 is 0 Å². The molecule has 0 amide bonds. The number of aliphatic hydroxyl groups excluding tert-OH is 1. The lowest BCUT2D eigenvalue weighted by Crippen LogP contribution is -2.49. The molecule has 1 N–H and O–H groups in total. The summed E-state index contributed by atoms with van der Waals surface area (Å²) in [6.45, 7) is 8.65. The Hall–Kier alpha value is -0.160. The van der Waals surface area contributed by atoms with E-state index in [1.54, 1.807) is 0 Å². The quantitative estimate of drug-likeness (QED) is 0.327. The summed E-state index contributed by atoms with van der Waals surface area (Å²) in [5.41, 5.74) is 0. The minimum Gasteiger partial charge on any atom is -0.391 e. The van der Waals surface area contributed by atoms with Crippen LogP contribution in [0.3, 0.4) is 0 Å². The fraction of sp³-hybridized carbons (Fsp3) is 1.00. The van der Waals surface area contributed by atoms with Gasteiger partial charge in [0.15, 0.2) is 0 Å². The molecule has 4 nitrogen and oxygen atoms in total. The van der Waals surface area contributed by atoms with Gasteiger partial charge >= 0.3 is 0 Å². The zero-order valence-electron chi connectivity index (χ0n) is 16.2. The summed E-state index contributed by atoms with van der Waals surface area (Å²) < 4.78 is 12.7. The summed E-state index contributed by atoms with van der Waals surface area (Å²) in [5, 5.41) is 9.20. The topological polar surface area (TPSA) is 38.7 Å². The molecule has 0 aliphatic rings. The molecule has 0 saturated heterocycles. The molecule has 23 heavy (non-hydrogen) atoms. The first kappa shape index (κ1) is 22.8. The van der Waals surface area contributed by atoms with Crippen LogP contribution in [0.15, 0.2) is 0 Å². The largest absolute Gasteiger partial charge is 0.391 e. The first-order valence-electron chi connectivity index (χ1n) is 9.68. The zero-order chi connectivity index (χ0) is 17.4. The van der Waals surface area contributed by atoms with Gasteiger partial charge in [-0.15, -0.1) is 0 Å². The number of hydrogen-bond acceptors (Lipinski definition) is 3. The lowest BCUT2D eigenvalue weighted by Gasteiger charge is -2.32. The van der Waals surface area contributed by atoms with E-state index in [0.29, 0.717) is 6.61 Å². The van der Waals surface area contributed by atoms with E-state index in [-0.39, 0.29) is 12.7 Å². The zero-order valence-corrected chi connectivity index (χ0v) is 16.2. The number of nitrogens with zero attached hydrogens (tertiary/aromatic N) is 1. The van der Waals surface area contributed by atoms with Crippen molar-refractivity contribution in [3.8, 4) is 0 Å². The SMILES string of the molecule is CCCCCCOCC(C[N+](C)(C)CCO)OCCCCCC. The molecule has 1 unspecified atom stereocenters. The molecule has 0 saturated carbocycles. The van der Waals surface area contributed by atoms with Crippen LogP contribution in [-0.4, -0.2) is 69.3 Å². The van der Waals surface area contributed by atoms with Gasteiger partial charge in [0, 0.05) is 13.2 Å². The van der Waals surface area contributed by atoms with Crippen LogP contribution in [0, 0.1) is 0 Å². The second kappa shape index (κ2) is 15.4. The Morgan fingerprint density at radius 3 is 2.04 bits per heavy atom. The van der Waals surface area contributed by atoms with Gasteiger partial charge < -0.3 is 19.1 Å². The van der Waals surface area contributed by atoms with E-state index in [1.165, 1.54) is 38.5 Å². The van der Waals surface area contributed by atoms with Crippen LogP contribution in [0.2, 0.25) is 0 Å². The predicted molar refractivity (Wildman–Crippen MR) is 97.8 cm³/mol. The average Bonchev–Trinajstić information content (AvgIpc) is 2.49. The van der Waals surface area contributed by atoms with Crippen molar-refractivity contribution in [1.29, 1.82) is 0 Å². The van der Waals surface area contributed by atoms with E-state index in [9.17, 15) is 5.11 Å². The highest BCUT2D eigenvalue weighted by atomic mass is 16.5. The van der Waals surface area contributed by atoms with Gasteiger partial charge in [0.2, 0.25) is 0 Å². The van der Waals surface area contributed by atoms with Crippen molar-refractivity contribution in [2.75, 3.05) is 53.6 Å². The van der Waals surface area contributed by atoms with E-state index in [4.69, 9.17) is 9.47 Å². The van der Waals surface area contributed by atoms with E-state index in [2.05, 4.69) is 27.9 Å². The highest BCUT2D eigenvalue weighted by Crippen LogP contribution is 2.07. The highest BCUT2D eigenvalue weighted by molar-refractivity contribution is 4.57. The summed E-state index contributed by atoms with van der Waals surface area (Å²) >= 11 is 0. The Balaban J connectivity index is 4.05. The van der Waals surface area contributed by atoms with Crippen LogP contribution < -0.4 is 0 Å². The molecule has 0 aromatic heterocycles. The molecule has 0 bridgehead atoms. The lowest BCUT2D eigenvalue weighted by molar-refractivity contribution is -0.893. The summed E-state index contributed by atoms with van der Waals surface area (Å²) in [5.74, 6) is 0. The van der Waals surface area contributed by atoms with Crippen molar-refractivity contribution in [2.45, 2.75) is 71.3 Å². The van der Waals surface area contributed by atoms with Crippen LogP contribution in [0.4, 0.5) is 0 Å². The fourth-order valence-electron chi connectivity index (χ4n) is 2.69. The van der Waals surface area contributed by atoms with Crippen molar-refractivity contribution in [2.24, 2.45) is 0 Å². The molecular formula is C19H42NO3+. The van der Waals surface area contributed by atoms with Gasteiger partial charge in [-0.25, -0.2) is 0 Å². The van der Waals surface area contributed by atoms with Crippen LogP contribution in [-0.2, 0) is 9.47 Å². The van der Waals surface area contributed by atoms with E-state index in [0.717, 1.165) is 43.6 Å². The van der Waals surface area contributed by atoms with Gasteiger partial charge in [-0.3, -0.25) is 0 Å². The van der Waals surface area contributed by atoms with Gasteiger partial charge in [0.05, 0.1) is 27.3 Å². The third-order valence-electron chi connectivity index (χ3n) is 4.20. The van der Waals surface area contributed by atoms with Gasteiger partial charge in [-0.05, 0) is 12.8 Å². The van der Waals surface area contributed by atoms with Crippen LogP contribution in [0.1, 0.15) is 65.2 Å². The second-order valence-electron chi connectivity index (χ2n) is 7.25. The fourth-order valence-corrected chi connectivity index (χ4v) is 2.69. The Labute approximate surface area is 144 Å². The van der Waals surface area contributed by atoms with E-state index < -0.39 is 0 Å². The van der Waals surface area contributed by atoms with Gasteiger partial charge in [0.25, 0.3) is 0 Å². The molecule has 4 heteroatoms. The first-order chi connectivity index (χ1) is 11.1. The smallest absolute Gasteiger partial charge is 0.130 e. The summed E-state index contributed by atoms with van der Waals surface area (Å²) in [6, 6.07) is 0. The number of hydrogen-bond donors (Lipinski definition) is 1. The molecule has 0 rings (SSSR count). The molecule has 1 atom stereocenters. The van der Waals surface area contributed by atoms with Crippen LogP contribution in [0.25, 0.3) is 0 Å². The lowest BCUT2D eigenvalue weighted by atomic mass is 10.2. The van der Waals surface area contributed by atoms with Crippen molar-refractivity contribution < 1.29 is 19.1 Å². The van der Waals surface area contributed by atoms with Gasteiger partial charge in [0.1, 0.15) is 19.2 Å².